The molecule has 1 saturated heterocycles. The number of anilines is 1. The Balaban J connectivity index is 1.45. The number of piperidine rings is 1. The van der Waals surface area contributed by atoms with Crippen molar-refractivity contribution < 1.29 is 9.53 Å². The van der Waals surface area contributed by atoms with Crippen LogP contribution in [-0.2, 0) is 11.3 Å². The van der Waals surface area contributed by atoms with Gasteiger partial charge in [0.25, 0.3) is 5.91 Å². The Morgan fingerprint density at radius 3 is 2.82 bits per heavy atom. The summed E-state index contributed by atoms with van der Waals surface area (Å²) in [5, 5.41) is 10.3. The Kier molecular flexibility index (Phi) is 7.13. The minimum atomic E-state index is -0.488. The van der Waals surface area contributed by atoms with E-state index < -0.39 is 5.91 Å². The van der Waals surface area contributed by atoms with Crippen molar-refractivity contribution in [3.8, 4) is 5.75 Å². The summed E-state index contributed by atoms with van der Waals surface area (Å²) in [4.78, 5) is 17.6. The average molecular weight is 402 g/mol. The van der Waals surface area contributed by atoms with Crippen molar-refractivity contribution in [1.29, 1.82) is 0 Å². The number of hydrogen-bond donors (Lipinski definition) is 3. The molecule has 7 nitrogen and oxygen atoms in total. The van der Waals surface area contributed by atoms with E-state index in [4.69, 9.17) is 10.5 Å². The van der Waals surface area contributed by atoms with Crippen molar-refractivity contribution in [2.75, 3.05) is 31.6 Å². The molecule has 1 aliphatic rings. The van der Waals surface area contributed by atoms with Gasteiger partial charge in [-0.25, -0.2) is 0 Å². The van der Waals surface area contributed by atoms with Crippen LogP contribution in [0.1, 0.15) is 18.4 Å². The van der Waals surface area contributed by atoms with Crippen molar-refractivity contribution in [2.45, 2.75) is 25.4 Å². The molecule has 3 rings (SSSR count). The second-order valence-corrected chi connectivity index (χ2v) is 7.61. The third-order valence-electron chi connectivity index (χ3n) is 4.62. The number of nitrogens with zero attached hydrogens (tertiary/aromatic N) is 2. The lowest BCUT2D eigenvalue weighted by molar-refractivity contribution is -0.119. The van der Waals surface area contributed by atoms with Crippen LogP contribution in [0.15, 0.2) is 46.8 Å². The third-order valence-corrected chi connectivity index (χ3v) is 5.55. The Morgan fingerprint density at radius 2 is 2.14 bits per heavy atom. The molecule has 150 valence electrons. The number of rotatable bonds is 7. The largest absolute Gasteiger partial charge is 0.484 e. The molecule has 1 amide bonds. The lowest BCUT2D eigenvalue weighted by Crippen LogP contribution is -2.48. The maximum atomic E-state index is 10.8. The predicted molar refractivity (Wildman–Crippen MR) is 114 cm³/mol. The number of carbonyl (C=O) groups excluding carboxylic acids is 1. The summed E-state index contributed by atoms with van der Waals surface area (Å²) in [6.45, 7) is 2.59. The van der Waals surface area contributed by atoms with E-state index in [1.165, 1.54) is 5.00 Å². The molecule has 0 saturated carbocycles. The van der Waals surface area contributed by atoms with E-state index in [-0.39, 0.29) is 6.61 Å². The van der Waals surface area contributed by atoms with E-state index in [0.29, 0.717) is 18.3 Å². The molecule has 0 bridgehead atoms. The van der Waals surface area contributed by atoms with E-state index in [2.05, 4.69) is 38.0 Å². The van der Waals surface area contributed by atoms with Crippen LogP contribution in [0.25, 0.3) is 0 Å². The van der Waals surface area contributed by atoms with Crippen LogP contribution < -0.4 is 26.0 Å². The number of nitrogens with one attached hydrogen (secondary N) is 2. The van der Waals surface area contributed by atoms with Crippen LogP contribution in [0.3, 0.4) is 0 Å². The molecule has 0 atom stereocenters. The number of guanidine groups is 1. The zero-order chi connectivity index (χ0) is 19.8. The van der Waals surface area contributed by atoms with Gasteiger partial charge in [-0.05, 0) is 48.1 Å². The highest BCUT2D eigenvalue weighted by Gasteiger charge is 2.20. The second-order valence-electron chi connectivity index (χ2n) is 6.69. The smallest absolute Gasteiger partial charge is 0.255 e. The van der Waals surface area contributed by atoms with E-state index in [1.807, 2.05) is 18.2 Å². The minimum Gasteiger partial charge on any atom is -0.484 e. The Hall–Kier alpha value is -2.74. The van der Waals surface area contributed by atoms with Gasteiger partial charge in [-0.3, -0.25) is 9.79 Å². The van der Waals surface area contributed by atoms with Gasteiger partial charge < -0.3 is 26.0 Å². The Bertz CT molecular complexity index is 786. The Labute approximate surface area is 169 Å². The lowest BCUT2D eigenvalue weighted by Gasteiger charge is -2.33. The molecule has 8 heteroatoms. The van der Waals surface area contributed by atoms with E-state index in [9.17, 15) is 4.79 Å². The quantitative estimate of drug-likeness (QED) is 0.487. The first-order chi connectivity index (χ1) is 13.6. The molecule has 28 heavy (non-hydrogen) atoms. The average Bonchev–Trinajstić information content (AvgIpc) is 3.25. The van der Waals surface area contributed by atoms with Gasteiger partial charge in [0, 0.05) is 32.7 Å². The van der Waals surface area contributed by atoms with Crippen molar-refractivity contribution in [3.05, 3.63) is 47.3 Å². The van der Waals surface area contributed by atoms with E-state index in [0.717, 1.165) is 37.5 Å². The number of hydrogen-bond acceptors (Lipinski definition) is 5. The van der Waals surface area contributed by atoms with Gasteiger partial charge in [-0.15, -0.1) is 11.3 Å². The van der Waals surface area contributed by atoms with Crippen molar-refractivity contribution in [2.24, 2.45) is 10.7 Å². The highest BCUT2D eigenvalue weighted by molar-refractivity contribution is 7.14. The fourth-order valence-electron chi connectivity index (χ4n) is 3.17. The summed E-state index contributed by atoms with van der Waals surface area (Å²) in [5.74, 6) is 0.929. The maximum absolute atomic E-state index is 10.8. The molecule has 0 radical (unpaired) electrons. The number of amides is 1. The van der Waals surface area contributed by atoms with Crippen molar-refractivity contribution in [3.63, 3.8) is 0 Å². The number of nitrogens with two attached hydrogens (primary N) is 1. The third kappa shape index (κ3) is 5.88. The van der Waals surface area contributed by atoms with Gasteiger partial charge in [0.1, 0.15) is 5.75 Å². The number of ether oxygens (including phenoxy) is 1. The number of primary amides is 1. The first-order valence-electron chi connectivity index (χ1n) is 9.39. The minimum absolute atomic E-state index is 0.121. The lowest BCUT2D eigenvalue weighted by atomic mass is 10.1. The van der Waals surface area contributed by atoms with Crippen LogP contribution in [0.2, 0.25) is 0 Å². The topological polar surface area (TPSA) is 92.0 Å². The van der Waals surface area contributed by atoms with Gasteiger partial charge in [0.15, 0.2) is 12.6 Å². The number of carbonyl (C=O) groups is 1. The zero-order valence-electron chi connectivity index (χ0n) is 16.1. The molecule has 2 heterocycles. The molecule has 1 aromatic heterocycles. The van der Waals surface area contributed by atoms with Gasteiger partial charge in [0.2, 0.25) is 0 Å². The number of aliphatic imine (C=N–C) groups is 1. The molecule has 1 fully saturated rings. The summed E-state index contributed by atoms with van der Waals surface area (Å²) >= 11 is 1.79. The number of benzene rings is 1. The molecule has 1 aliphatic heterocycles. The van der Waals surface area contributed by atoms with Crippen LogP contribution in [0.4, 0.5) is 5.00 Å². The van der Waals surface area contributed by atoms with Crippen LogP contribution in [0.5, 0.6) is 5.75 Å². The van der Waals surface area contributed by atoms with Crippen molar-refractivity contribution >= 4 is 28.2 Å². The first-order valence-corrected chi connectivity index (χ1v) is 10.3. The standard InChI is InChI=1S/C20H27N5O2S/c1-22-20(23-13-15-4-2-5-17(12-15)27-14-18(21)26)24-16-7-9-25(10-8-16)19-6-3-11-28-19/h2-6,11-12,16H,7-10,13-14H2,1H3,(H2,21,26)(H2,22,23,24). The number of thiophene rings is 1. The fourth-order valence-corrected chi connectivity index (χ4v) is 3.95. The summed E-state index contributed by atoms with van der Waals surface area (Å²) < 4.78 is 5.35. The van der Waals surface area contributed by atoms with E-state index in [1.54, 1.807) is 24.5 Å². The summed E-state index contributed by atoms with van der Waals surface area (Å²) in [7, 11) is 1.78. The Morgan fingerprint density at radius 1 is 1.32 bits per heavy atom. The molecular formula is C20H27N5O2S. The summed E-state index contributed by atoms with van der Waals surface area (Å²) in [6.07, 6.45) is 2.16. The molecule has 4 N–H and O–H groups in total. The van der Waals surface area contributed by atoms with Crippen LogP contribution >= 0.6 is 11.3 Å². The molecule has 0 unspecified atom stereocenters. The predicted octanol–water partition coefficient (Wildman–Crippen LogP) is 1.95. The van der Waals surface area contributed by atoms with Crippen LogP contribution in [-0.4, -0.2) is 44.7 Å². The molecule has 0 spiro atoms. The summed E-state index contributed by atoms with van der Waals surface area (Å²) in [6, 6.07) is 12.3. The highest BCUT2D eigenvalue weighted by Crippen LogP contribution is 2.24. The first kappa shape index (κ1) is 20.0. The van der Waals surface area contributed by atoms with E-state index >= 15 is 0 Å². The van der Waals surface area contributed by atoms with Gasteiger partial charge >= 0.3 is 0 Å². The SMILES string of the molecule is CN=C(NCc1cccc(OCC(N)=O)c1)NC1CCN(c2cccs2)CC1. The fraction of sp³-hybridized carbons (Fsp3) is 0.400. The highest BCUT2D eigenvalue weighted by atomic mass is 32.1. The van der Waals surface area contributed by atoms with Gasteiger partial charge in [-0.1, -0.05) is 12.1 Å². The molecule has 0 aliphatic carbocycles. The second kappa shape index (κ2) is 9.98. The van der Waals surface area contributed by atoms with Crippen LogP contribution in [0, 0.1) is 0 Å². The van der Waals surface area contributed by atoms with Gasteiger partial charge in [-0.2, -0.15) is 0 Å². The molecule has 2 aromatic rings. The maximum Gasteiger partial charge on any atom is 0.255 e. The summed E-state index contributed by atoms with van der Waals surface area (Å²) in [5.41, 5.74) is 6.16. The monoisotopic (exact) mass is 401 g/mol. The van der Waals surface area contributed by atoms with Crippen molar-refractivity contribution in [1.82, 2.24) is 10.6 Å². The van der Waals surface area contributed by atoms with Gasteiger partial charge in [0.05, 0.1) is 5.00 Å². The normalized spacial score (nSPS) is 15.3. The molecule has 1 aromatic carbocycles. The zero-order valence-corrected chi connectivity index (χ0v) is 16.9. The molecular weight excluding hydrogens is 374 g/mol.